The van der Waals surface area contributed by atoms with Gasteiger partial charge in [-0.25, -0.2) is 45.6 Å². The van der Waals surface area contributed by atoms with Crippen molar-refractivity contribution in [2.75, 3.05) is 85.1 Å². The molecule has 16 rings (SSSR count). The van der Waals surface area contributed by atoms with Crippen molar-refractivity contribution in [2.24, 2.45) is 21.1 Å². The fourth-order valence-electron chi connectivity index (χ4n) is 15.1. The van der Waals surface area contributed by atoms with Crippen molar-refractivity contribution >= 4 is 85.3 Å². The minimum Gasteiger partial charge on any atom is -0.472 e. The van der Waals surface area contributed by atoms with Gasteiger partial charge in [0.25, 0.3) is 19.3 Å². The number of methoxy groups -OCH3 is 3. The molecule has 7 aliphatic rings. The molecule has 4 atom stereocenters. The number of ether oxygens (including phenoxy) is 6. The molecule has 113 heavy (non-hydrogen) atoms. The lowest BCUT2D eigenvalue weighted by atomic mass is 9.91. The molecule has 32 heteroatoms. The van der Waals surface area contributed by atoms with Crippen LogP contribution in [0.15, 0.2) is 133 Å². The lowest BCUT2D eigenvalue weighted by Gasteiger charge is -2.42. The van der Waals surface area contributed by atoms with Gasteiger partial charge in [0.15, 0.2) is 19.8 Å². The molecule has 6 aromatic heterocycles. The summed E-state index contributed by atoms with van der Waals surface area (Å²) >= 11 is 0. The number of alkyl halides is 6. The van der Waals surface area contributed by atoms with Crippen molar-refractivity contribution < 1.29 is 69.1 Å². The fraction of sp³-hybridized carbons (Fsp3) is 0.469. The molecule has 0 radical (unpaired) electrons. The van der Waals surface area contributed by atoms with E-state index in [1.165, 1.54) is 50.2 Å². The van der Waals surface area contributed by atoms with Gasteiger partial charge >= 0.3 is 18.1 Å². The highest BCUT2D eigenvalue weighted by Crippen LogP contribution is 2.41. The van der Waals surface area contributed by atoms with Crippen molar-refractivity contribution in [3.63, 3.8) is 0 Å². The third kappa shape index (κ3) is 20.5. The number of aryl methyl sites for hydroxylation is 3. The molecule has 9 aromatic rings. The number of carbonyl (C=O) groups is 3. The molecule has 2 fully saturated rings. The van der Waals surface area contributed by atoms with E-state index in [1.807, 2.05) is 100 Å². The lowest BCUT2D eigenvalue weighted by Crippen LogP contribution is -2.53. The van der Waals surface area contributed by atoms with Gasteiger partial charge in [0.2, 0.25) is 17.6 Å². The van der Waals surface area contributed by atoms with Gasteiger partial charge in [-0.1, -0.05) is 30.6 Å². The summed E-state index contributed by atoms with van der Waals surface area (Å²) in [6.07, 6.45) is 17.2. The van der Waals surface area contributed by atoms with Crippen LogP contribution in [0.3, 0.4) is 0 Å². The number of nitrogens with one attached hydrogen (secondary N) is 3. The number of carbonyl (C=O) groups excluding carboxylic acids is 3. The molecule has 4 aliphatic carbocycles. The van der Waals surface area contributed by atoms with Crippen LogP contribution in [0.25, 0.3) is 32.7 Å². The van der Waals surface area contributed by atoms with E-state index in [1.54, 1.807) is 90.2 Å². The molecule has 3 N–H and O–H groups in total. The van der Waals surface area contributed by atoms with Crippen molar-refractivity contribution in [3.05, 3.63) is 150 Å². The number of halogens is 6. The summed E-state index contributed by atoms with van der Waals surface area (Å²) < 4.78 is 112. The predicted octanol–water partition coefficient (Wildman–Crippen LogP) is 15.2. The van der Waals surface area contributed by atoms with E-state index in [2.05, 4.69) is 73.3 Å². The molecule has 0 spiro atoms. The maximum absolute atomic E-state index is 13.9. The van der Waals surface area contributed by atoms with Crippen LogP contribution in [-0.4, -0.2) is 173 Å². The van der Waals surface area contributed by atoms with E-state index >= 15 is 0 Å². The number of benzene rings is 3. The average molecular weight is 1570 g/mol. The zero-order valence-electron chi connectivity index (χ0n) is 65.1. The Bertz CT molecular complexity index is 4810. The number of pyridine rings is 3. The largest absolute Gasteiger partial charge is 0.472 e. The Morgan fingerprint density at radius 2 is 0.920 bits per heavy atom. The van der Waals surface area contributed by atoms with Crippen LogP contribution in [-0.2, 0) is 55.0 Å². The summed E-state index contributed by atoms with van der Waals surface area (Å²) in [6, 6.07) is 27.5. The molecule has 2 unspecified atom stereocenters. The third-order valence-electron chi connectivity index (χ3n) is 21.1. The maximum Gasteiger partial charge on any atom is 0.334 e. The highest BCUT2D eigenvalue weighted by atomic mass is 19.3. The van der Waals surface area contributed by atoms with Gasteiger partial charge in [-0.3, -0.25) is 39.0 Å². The van der Waals surface area contributed by atoms with Crippen LogP contribution >= 0.6 is 0 Å². The fourth-order valence-corrected chi connectivity index (χ4v) is 15.1. The number of rotatable bonds is 19. The molecule has 26 nitrogen and oxygen atoms in total. The zero-order valence-corrected chi connectivity index (χ0v) is 65.1. The number of aromatic nitrogens is 9. The van der Waals surface area contributed by atoms with E-state index < -0.39 is 39.1 Å². The minimum absolute atomic E-state index is 0.0505. The van der Waals surface area contributed by atoms with Gasteiger partial charge in [0, 0.05) is 153 Å². The number of fused-ring (bicyclic) bond motifs is 6. The Morgan fingerprint density at radius 1 is 0.487 bits per heavy atom. The summed E-state index contributed by atoms with van der Waals surface area (Å²) in [5.41, 5.74) is 9.51. The van der Waals surface area contributed by atoms with Crippen LogP contribution in [0, 0.1) is 0 Å². The standard InChI is InChI=1S/C24H27F2N5O3.C24H25F2N5O3.C17H15F2N5O2.C8H18N2.C8H14O/c2*1-29-12-16-11-18(6-9-20(16)28-29)30-13-15-3-10-22(34-14-21(25)26)27-23(15)31(24(30)32)17-4-7-19(33-2)8-5-17;1-23-7-11-6-12(3-4-13(11)22-23)24-8-10-2-5-15(26-9-14(18)19)20-16(10)21-17(24)25;1-9-7-5-3-4-6-8(7)10-2;1-7-3-5-8(9-2)6-4-7/h3,6,9-12,17,19,21H,4-5,7-8,13-14H2,1-2H3;3-4,6,9-12,19,21H,5,7-8,13-14H2,1-2H3;2-7,14H,8-9H2,1H3,(H,20,21,25);7-10H,3-6H2,1-2H3;3,8H,4-6H2,1-2H3/t;;;7-,8-;/m...1./s1. The lowest BCUT2D eigenvalue weighted by molar-refractivity contribution is 0.0659. The maximum atomic E-state index is 13.9. The van der Waals surface area contributed by atoms with Gasteiger partial charge in [-0.15, -0.1) is 0 Å². The average Bonchev–Trinajstić information content (AvgIpc) is 1.23. The second-order valence-electron chi connectivity index (χ2n) is 28.9. The number of likely N-dealkylation sites (N-methyl/N-ethyl adjacent to an activating group) is 2. The highest BCUT2D eigenvalue weighted by Gasteiger charge is 2.41. The number of hydrogen-bond acceptors (Lipinski definition) is 17. The number of anilines is 6. The first-order chi connectivity index (χ1) is 54.5. The second-order valence-corrected chi connectivity index (χ2v) is 28.9. The van der Waals surface area contributed by atoms with Crippen LogP contribution < -0.4 is 54.7 Å². The summed E-state index contributed by atoms with van der Waals surface area (Å²) in [4.78, 5) is 61.5. The molecule has 0 bridgehead atoms. The van der Waals surface area contributed by atoms with Crippen LogP contribution in [0.4, 0.5) is 75.2 Å². The zero-order chi connectivity index (χ0) is 80.0. The highest BCUT2D eigenvalue weighted by molar-refractivity contribution is 6.09. The van der Waals surface area contributed by atoms with Crippen LogP contribution in [0.1, 0.15) is 114 Å². The van der Waals surface area contributed by atoms with Crippen LogP contribution in [0.5, 0.6) is 17.6 Å². The Hall–Kier alpha value is -10.4. The number of urea groups is 3. The molecular weight excluding hydrogens is 1470 g/mol. The smallest absolute Gasteiger partial charge is 0.334 e. The second kappa shape index (κ2) is 37.9. The molecule has 3 aliphatic heterocycles. The number of amides is 6. The van der Waals surface area contributed by atoms with Gasteiger partial charge in [-0.2, -0.15) is 30.2 Å². The summed E-state index contributed by atoms with van der Waals surface area (Å²) in [5, 5.41) is 25.3. The summed E-state index contributed by atoms with van der Waals surface area (Å²) in [5.74, 6) is 1.42. The van der Waals surface area contributed by atoms with Gasteiger partial charge in [0.05, 0.1) is 54.5 Å². The Kier molecular flexibility index (Phi) is 27.6. The number of nitrogens with zero attached hydrogens (tertiary/aromatic N) is 14. The normalized spacial score (nSPS) is 20.2. The Balaban J connectivity index is 0.000000141. The van der Waals surface area contributed by atoms with Gasteiger partial charge in [-0.05, 0) is 171 Å². The summed E-state index contributed by atoms with van der Waals surface area (Å²) in [7, 11) is 14.8. The van der Waals surface area contributed by atoms with Crippen molar-refractivity contribution in [2.45, 2.75) is 172 Å². The van der Waals surface area contributed by atoms with Crippen LogP contribution in [0.2, 0.25) is 0 Å². The van der Waals surface area contributed by atoms with Crippen molar-refractivity contribution in [1.29, 1.82) is 0 Å². The van der Waals surface area contributed by atoms with E-state index in [0.717, 1.165) is 111 Å². The van der Waals surface area contributed by atoms with Crippen molar-refractivity contribution in [1.82, 2.24) is 54.9 Å². The van der Waals surface area contributed by atoms with Crippen molar-refractivity contribution in [3.8, 4) is 17.6 Å². The molecule has 9 heterocycles. The molecule has 0 saturated heterocycles. The predicted molar refractivity (Wildman–Crippen MR) is 421 cm³/mol. The van der Waals surface area contributed by atoms with Gasteiger partial charge in [0.1, 0.15) is 17.5 Å². The first-order valence-electron chi connectivity index (χ1n) is 38.2. The molecule has 2 saturated carbocycles. The Morgan fingerprint density at radius 3 is 1.37 bits per heavy atom. The summed E-state index contributed by atoms with van der Waals surface area (Å²) in [6.45, 7) is 0.890. The topological polar surface area (TPSA) is 251 Å². The SMILES string of the molecule is CN[C@@H]1CCCC[C@H]1NC.COC1CC=C(C)CC1.COC1CC=C(N2C(=O)N(c3ccc4nn(C)cc4c3)Cc3ccc(OCC(F)F)nc32)CC1.COC1CCC(N2C(=O)N(c3ccc4nn(C)cc4c3)Cc3ccc(OCC(F)F)nc32)CC1.Cn1cc2cc(N3Cc4ccc(OCC(F)F)nc4NC3=O)ccc2n1. The monoisotopic (exact) mass is 1570 g/mol. The molecule has 604 valence electrons. The van der Waals surface area contributed by atoms with E-state index in [4.69, 9.17) is 28.4 Å². The first kappa shape index (κ1) is 82.1. The third-order valence-corrected chi connectivity index (χ3v) is 21.1. The van der Waals surface area contributed by atoms with E-state index in [9.17, 15) is 40.7 Å². The Labute approximate surface area is 652 Å². The van der Waals surface area contributed by atoms with Gasteiger partial charge < -0.3 is 39.1 Å². The quantitative estimate of drug-likeness (QED) is 0.0503. The first-order valence-corrected chi connectivity index (χ1v) is 38.2. The minimum atomic E-state index is -2.61. The molecule has 6 amide bonds. The molecular formula is C81H99F6N17O9. The molecule has 3 aromatic carbocycles. The van der Waals surface area contributed by atoms with E-state index in [-0.39, 0.29) is 54.0 Å². The van der Waals surface area contributed by atoms with E-state index in [0.29, 0.717) is 68.1 Å². The number of hydrogen-bond donors (Lipinski definition) is 3. The number of allylic oxidation sites excluding steroid dienone is 2.